The van der Waals surface area contributed by atoms with Crippen molar-refractivity contribution in [3.63, 3.8) is 0 Å². The van der Waals surface area contributed by atoms with Crippen molar-refractivity contribution in [2.45, 2.75) is 0 Å². The number of ether oxygens (including phenoxy) is 1. The molecule has 0 saturated carbocycles. The minimum Gasteiger partial charge on any atom is -0.491 e. The van der Waals surface area contributed by atoms with Crippen molar-refractivity contribution in [2.24, 2.45) is 0 Å². The molecule has 0 spiro atoms. The molecular weight excluding hydrogens is 266 g/mol. The zero-order chi connectivity index (χ0) is 14.7. The second-order valence-electron chi connectivity index (χ2n) is 5.24. The van der Waals surface area contributed by atoms with Crippen LogP contribution in [0.15, 0.2) is 30.6 Å². The third-order valence-corrected chi connectivity index (χ3v) is 3.77. The maximum Gasteiger partial charge on any atom is 0.180 e. The molecule has 0 aromatic carbocycles. The molecule has 1 aliphatic rings. The predicted octanol–water partition coefficient (Wildman–Crippen LogP) is -0.118. The Morgan fingerprint density at radius 2 is 2.00 bits per heavy atom. The molecule has 1 aliphatic heterocycles. The maximum absolute atomic E-state index is 5.42. The van der Waals surface area contributed by atoms with Gasteiger partial charge in [-0.3, -0.25) is 4.98 Å². The summed E-state index contributed by atoms with van der Waals surface area (Å²) in [5.74, 6) is 2.22. The molecule has 21 heavy (non-hydrogen) atoms. The molecule has 2 aromatic heterocycles. The molecule has 3 heterocycles. The fourth-order valence-electron chi connectivity index (χ4n) is 2.45. The van der Waals surface area contributed by atoms with E-state index in [1.54, 1.807) is 24.4 Å². The Morgan fingerprint density at radius 1 is 1.19 bits per heavy atom. The van der Waals surface area contributed by atoms with Gasteiger partial charge in [0.25, 0.3) is 0 Å². The van der Waals surface area contributed by atoms with E-state index in [4.69, 9.17) is 4.74 Å². The van der Waals surface area contributed by atoms with E-state index in [0.29, 0.717) is 11.6 Å². The van der Waals surface area contributed by atoms with Crippen molar-refractivity contribution in [1.82, 2.24) is 15.0 Å². The van der Waals surface area contributed by atoms with Gasteiger partial charge in [0, 0.05) is 6.20 Å². The van der Waals surface area contributed by atoms with Crippen molar-refractivity contribution in [1.29, 1.82) is 0 Å². The lowest BCUT2D eigenvalue weighted by Gasteiger charge is -2.31. The first kappa shape index (κ1) is 13.8. The van der Waals surface area contributed by atoms with Crippen LogP contribution in [-0.4, -0.2) is 55.3 Å². The van der Waals surface area contributed by atoms with Crippen molar-refractivity contribution in [3.05, 3.63) is 30.6 Å². The average Bonchev–Trinajstić information content (AvgIpc) is 2.56. The fraction of sp³-hybridized carbons (Fsp3) is 0.400. The number of piperazine rings is 1. The number of rotatable bonds is 3. The Labute approximate surface area is 124 Å². The summed E-state index contributed by atoms with van der Waals surface area (Å²) in [7, 11) is 3.87. The number of methoxy groups -OCH3 is 1. The van der Waals surface area contributed by atoms with Crippen LogP contribution in [0.2, 0.25) is 0 Å². The van der Waals surface area contributed by atoms with E-state index in [9.17, 15) is 0 Å². The zero-order valence-corrected chi connectivity index (χ0v) is 12.4. The van der Waals surface area contributed by atoms with E-state index >= 15 is 0 Å². The molecule has 110 valence electrons. The number of nitrogens with one attached hydrogen (secondary N) is 1. The molecule has 1 N–H and O–H groups in total. The van der Waals surface area contributed by atoms with Gasteiger partial charge < -0.3 is 14.5 Å². The molecule has 0 bridgehead atoms. The number of aromatic nitrogens is 3. The van der Waals surface area contributed by atoms with Crippen LogP contribution in [0.3, 0.4) is 0 Å². The summed E-state index contributed by atoms with van der Waals surface area (Å²) >= 11 is 0. The highest BCUT2D eigenvalue weighted by Crippen LogP contribution is 2.27. The number of quaternary nitrogens is 1. The standard InChI is InChI=1S/C15H19N5O/c1-19-7-9-20(10-8-19)15-13(21-2)11-17-14(18-15)12-5-3-4-6-16-12/h3-6,11H,7-10H2,1-2H3/p+1. The summed E-state index contributed by atoms with van der Waals surface area (Å²) in [6.07, 6.45) is 3.49. The van der Waals surface area contributed by atoms with Gasteiger partial charge in [-0.05, 0) is 12.1 Å². The minimum absolute atomic E-state index is 0.637. The molecule has 6 heteroatoms. The van der Waals surface area contributed by atoms with Crippen molar-refractivity contribution < 1.29 is 9.64 Å². The number of nitrogens with zero attached hydrogens (tertiary/aromatic N) is 4. The molecule has 0 radical (unpaired) electrons. The van der Waals surface area contributed by atoms with Crippen LogP contribution in [-0.2, 0) is 0 Å². The first-order chi connectivity index (χ1) is 10.3. The predicted molar refractivity (Wildman–Crippen MR) is 80.6 cm³/mol. The Kier molecular flexibility index (Phi) is 3.96. The monoisotopic (exact) mass is 286 g/mol. The SMILES string of the molecule is COc1cnc(-c2ccccn2)nc1N1CC[NH+](C)CC1. The van der Waals surface area contributed by atoms with E-state index < -0.39 is 0 Å². The highest BCUT2D eigenvalue weighted by Gasteiger charge is 2.22. The van der Waals surface area contributed by atoms with Gasteiger partial charge >= 0.3 is 0 Å². The molecule has 1 fully saturated rings. The van der Waals surface area contributed by atoms with Gasteiger partial charge in [-0.15, -0.1) is 0 Å². The van der Waals surface area contributed by atoms with Gasteiger partial charge in [-0.1, -0.05) is 6.07 Å². The molecular formula is C15H20N5O+. The largest absolute Gasteiger partial charge is 0.491 e. The molecule has 0 unspecified atom stereocenters. The van der Waals surface area contributed by atoms with Crippen molar-refractivity contribution in [2.75, 3.05) is 45.2 Å². The third kappa shape index (κ3) is 2.95. The van der Waals surface area contributed by atoms with Crippen LogP contribution < -0.4 is 14.5 Å². The molecule has 3 rings (SSSR count). The van der Waals surface area contributed by atoms with E-state index in [1.165, 1.54) is 0 Å². The summed E-state index contributed by atoms with van der Waals surface area (Å²) < 4.78 is 5.42. The number of hydrogen-bond acceptors (Lipinski definition) is 5. The summed E-state index contributed by atoms with van der Waals surface area (Å²) in [6, 6.07) is 5.74. The van der Waals surface area contributed by atoms with Crippen LogP contribution in [0.4, 0.5) is 5.82 Å². The van der Waals surface area contributed by atoms with Crippen LogP contribution in [0, 0.1) is 0 Å². The molecule has 0 atom stereocenters. The molecule has 6 nitrogen and oxygen atoms in total. The first-order valence-corrected chi connectivity index (χ1v) is 7.16. The third-order valence-electron chi connectivity index (χ3n) is 3.77. The smallest absolute Gasteiger partial charge is 0.180 e. The van der Waals surface area contributed by atoms with Crippen molar-refractivity contribution in [3.8, 4) is 17.3 Å². The second kappa shape index (κ2) is 6.05. The molecule has 0 aliphatic carbocycles. The number of likely N-dealkylation sites (N-methyl/N-ethyl adjacent to an activating group) is 1. The Hall–Kier alpha value is -2.21. The minimum atomic E-state index is 0.637. The lowest BCUT2D eigenvalue weighted by Crippen LogP contribution is -3.12. The zero-order valence-electron chi connectivity index (χ0n) is 12.4. The Morgan fingerprint density at radius 3 is 2.67 bits per heavy atom. The lowest BCUT2D eigenvalue weighted by molar-refractivity contribution is -0.880. The number of anilines is 1. The van der Waals surface area contributed by atoms with Gasteiger partial charge in [-0.2, -0.15) is 0 Å². The van der Waals surface area contributed by atoms with Crippen LogP contribution >= 0.6 is 0 Å². The lowest BCUT2D eigenvalue weighted by atomic mass is 10.3. The second-order valence-corrected chi connectivity index (χ2v) is 5.24. The van der Waals surface area contributed by atoms with Gasteiger partial charge in [0.15, 0.2) is 17.4 Å². The number of hydrogen-bond donors (Lipinski definition) is 1. The van der Waals surface area contributed by atoms with E-state index in [1.807, 2.05) is 18.2 Å². The van der Waals surface area contributed by atoms with E-state index in [2.05, 4.69) is 26.9 Å². The quantitative estimate of drug-likeness (QED) is 0.853. The Balaban J connectivity index is 1.94. The van der Waals surface area contributed by atoms with Gasteiger partial charge in [-0.25, -0.2) is 9.97 Å². The van der Waals surface area contributed by atoms with Crippen molar-refractivity contribution >= 4 is 5.82 Å². The first-order valence-electron chi connectivity index (χ1n) is 7.16. The highest BCUT2D eigenvalue weighted by molar-refractivity contribution is 5.58. The maximum atomic E-state index is 5.42. The highest BCUT2D eigenvalue weighted by atomic mass is 16.5. The van der Waals surface area contributed by atoms with Gasteiger partial charge in [0.1, 0.15) is 5.69 Å². The van der Waals surface area contributed by atoms with Crippen LogP contribution in [0.1, 0.15) is 0 Å². The summed E-state index contributed by atoms with van der Waals surface area (Å²) in [5.41, 5.74) is 0.779. The molecule has 2 aromatic rings. The fourth-order valence-corrected chi connectivity index (χ4v) is 2.45. The summed E-state index contributed by atoms with van der Waals surface area (Å²) in [4.78, 5) is 17.2. The van der Waals surface area contributed by atoms with Crippen LogP contribution in [0.5, 0.6) is 5.75 Å². The van der Waals surface area contributed by atoms with E-state index in [-0.39, 0.29) is 0 Å². The molecule has 1 saturated heterocycles. The van der Waals surface area contributed by atoms with Gasteiger partial charge in [0.05, 0.1) is 46.5 Å². The Bertz CT molecular complexity index is 596. The average molecular weight is 286 g/mol. The normalized spacial score (nSPS) is 16.0. The molecule has 0 amide bonds. The van der Waals surface area contributed by atoms with E-state index in [0.717, 1.165) is 37.7 Å². The summed E-state index contributed by atoms with van der Waals surface area (Å²) in [5, 5.41) is 0. The summed E-state index contributed by atoms with van der Waals surface area (Å²) in [6.45, 7) is 4.15. The topological polar surface area (TPSA) is 55.6 Å². The number of pyridine rings is 1. The van der Waals surface area contributed by atoms with Crippen LogP contribution in [0.25, 0.3) is 11.5 Å². The van der Waals surface area contributed by atoms with Gasteiger partial charge in [0.2, 0.25) is 0 Å².